The molecule has 0 radical (unpaired) electrons. The maximum atomic E-state index is 5.64. The largest absolute Gasteiger partial charge is 0.497 e. The summed E-state index contributed by atoms with van der Waals surface area (Å²) < 4.78 is 10.7. The first kappa shape index (κ1) is 15.3. The van der Waals surface area contributed by atoms with Crippen molar-refractivity contribution in [3.63, 3.8) is 0 Å². The molecule has 1 aromatic carbocycles. The summed E-state index contributed by atoms with van der Waals surface area (Å²) in [6.07, 6.45) is 2.92. The fourth-order valence-corrected chi connectivity index (χ4v) is 1.84. The molecule has 2 rings (SSSR count). The normalized spacial score (nSPS) is 10.4. The predicted molar refractivity (Wildman–Crippen MR) is 81.8 cm³/mol. The molecule has 0 fully saturated rings. The summed E-state index contributed by atoms with van der Waals surface area (Å²) in [7, 11) is 1.63. The van der Waals surface area contributed by atoms with Gasteiger partial charge in [0.15, 0.2) is 0 Å². The van der Waals surface area contributed by atoms with Gasteiger partial charge < -0.3 is 14.8 Å². The SMILES string of the molecule is CCCNCc1cnc(Oc2ccc(OC)cc2)nc1C. The van der Waals surface area contributed by atoms with Crippen LogP contribution in [0, 0.1) is 6.92 Å². The second-order valence-electron chi connectivity index (χ2n) is 4.72. The molecule has 0 aliphatic heterocycles. The summed E-state index contributed by atoms with van der Waals surface area (Å²) in [6.45, 7) is 5.87. The number of aromatic nitrogens is 2. The second kappa shape index (κ2) is 7.59. The number of hydrogen-bond donors (Lipinski definition) is 1. The average Bonchev–Trinajstić information content (AvgIpc) is 2.50. The molecule has 0 bridgehead atoms. The molecule has 2 aromatic rings. The van der Waals surface area contributed by atoms with Crippen LogP contribution in [-0.4, -0.2) is 23.6 Å². The zero-order valence-corrected chi connectivity index (χ0v) is 12.7. The first-order chi connectivity index (χ1) is 10.2. The molecule has 0 aliphatic carbocycles. The summed E-state index contributed by atoms with van der Waals surface area (Å²) in [4.78, 5) is 8.64. The fraction of sp³-hybridized carbons (Fsp3) is 0.375. The van der Waals surface area contributed by atoms with Crippen LogP contribution in [0.25, 0.3) is 0 Å². The third-order valence-electron chi connectivity index (χ3n) is 3.07. The van der Waals surface area contributed by atoms with Crippen LogP contribution < -0.4 is 14.8 Å². The van der Waals surface area contributed by atoms with Gasteiger partial charge in [0, 0.05) is 24.0 Å². The third kappa shape index (κ3) is 4.43. The third-order valence-corrected chi connectivity index (χ3v) is 3.07. The lowest BCUT2D eigenvalue weighted by Gasteiger charge is -2.09. The number of benzene rings is 1. The van der Waals surface area contributed by atoms with Crippen LogP contribution in [0.5, 0.6) is 17.5 Å². The molecule has 0 aliphatic rings. The monoisotopic (exact) mass is 287 g/mol. The molecule has 0 amide bonds. The van der Waals surface area contributed by atoms with Crippen LogP contribution in [0.3, 0.4) is 0 Å². The van der Waals surface area contributed by atoms with Crippen molar-refractivity contribution >= 4 is 0 Å². The van der Waals surface area contributed by atoms with E-state index >= 15 is 0 Å². The molecule has 0 spiro atoms. The highest BCUT2D eigenvalue weighted by molar-refractivity contribution is 5.32. The molecule has 5 heteroatoms. The Bertz CT molecular complexity index is 570. The fourth-order valence-electron chi connectivity index (χ4n) is 1.84. The summed E-state index contributed by atoms with van der Waals surface area (Å²) in [5.41, 5.74) is 2.02. The molecule has 1 aromatic heterocycles. The van der Waals surface area contributed by atoms with Crippen molar-refractivity contribution in [1.29, 1.82) is 0 Å². The molecular formula is C16H21N3O2. The number of hydrogen-bond acceptors (Lipinski definition) is 5. The second-order valence-corrected chi connectivity index (χ2v) is 4.72. The molecule has 0 saturated carbocycles. The van der Waals surface area contributed by atoms with Crippen LogP contribution in [0.1, 0.15) is 24.6 Å². The highest BCUT2D eigenvalue weighted by Crippen LogP contribution is 2.21. The van der Waals surface area contributed by atoms with Gasteiger partial charge in [-0.05, 0) is 44.2 Å². The lowest BCUT2D eigenvalue weighted by molar-refractivity contribution is 0.410. The number of nitrogens with one attached hydrogen (secondary N) is 1. The van der Waals surface area contributed by atoms with E-state index in [2.05, 4.69) is 22.2 Å². The smallest absolute Gasteiger partial charge is 0.322 e. The van der Waals surface area contributed by atoms with Crippen molar-refractivity contribution in [2.75, 3.05) is 13.7 Å². The van der Waals surface area contributed by atoms with Gasteiger partial charge in [-0.2, -0.15) is 4.98 Å². The van der Waals surface area contributed by atoms with Gasteiger partial charge in [0.1, 0.15) is 11.5 Å². The van der Waals surface area contributed by atoms with E-state index in [4.69, 9.17) is 9.47 Å². The van der Waals surface area contributed by atoms with E-state index in [-0.39, 0.29) is 0 Å². The Morgan fingerprint density at radius 3 is 2.48 bits per heavy atom. The van der Waals surface area contributed by atoms with E-state index in [0.29, 0.717) is 11.8 Å². The van der Waals surface area contributed by atoms with E-state index in [0.717, 1.165) is 36.5 Å². The molecule has 5 nitrogen and oxygen atoms in total. The number of aryl methyl sites for hydroxylation is 1. The van der Waals surface area contributed by atoms with E-state index in [1.807, 2.05) is 37.4 Å². The Kier molecular flexibility index (Phi) is 5.51. The minimum absolute atomic E-state index is 0.358. The van der Waals surface area contributed by atoms with Crippen molar-refractivity contribution in [3.05, 3.63) is 41.7 Å². The highest BCUT2D eigenvalue weighted by Gasteiger charge is 2.05. The first-order valence-corrected chi connectivity index (χ1v) is 7.08. The van der Waals surface area contributed by atoms with E-state index in [1.165, 1.54) is 0 Å². The summed E-state index contributed by atoms with van der Waals surface area (Å²) >= 11 is 0. The first-order valence-electron chi connectivity index (χ1n) is 7.08. The van der Waals surface area contributed by atoms with Crippen molar-refractivity contribution < 1.29 is 9.47 Å². The molecule has 0 atom stereocenters. The van der Waals surface area contributed by atoms with Gasteiger partial charge in [-0.3, -0.25) is 0 Å². The topological polar surface area (TPSA) is 56.3 Å². The number of methoxy groups -OCH3 is 1. The Labute approximate surface area is 125 Å². The van der Waals surface area contributed by atoms with Crippen LogP contribution in [0.2, 0.25) is 0 Å². The summed E-state index contributed by atoms with van der Waals surface area (Å²) in [5.74, 6) is 1.48. The molecule has 112 valence electrons. The van der Waals surface area contributed by atoms with Crippen molar-refractivity contribution in [2.45, 2.75) is 26.8 Å². The molecule has 0 unspecified atom stereocenters. The number of nitrogens with zero attached hydrogens (tertiary/aromatic N) is 2. The molecule has 0 saturated heterocycles. The van der Waals surface area contributed by atoms with Crippen molar-refractivity contribution in [3.8, 4) is 17.5 Å². The lowest BCUT2D eigenvalue weighted by atomic mass is 10.2. The molecule has 1 N–H and O–H groups in total. The number of ether oxygens (including phenoxy) is 2. The Hall–Kier alpha value is -2.14. The van der Waals surface area contributed by atoms with E-state index < -0.39 is 0 Å². The van der Waals surface area contributed by atoms with Crippen LogP contribution >= 0.6 is 0 Å². The minimum atomic E-state index is 0.358. The van der Waals surface area contributed by atoms with Gasteiger partial charge in [0.05, 0.1) is 7.11 Å². The van der Waals surface area contributed by atoms with E-state index in [9.17, 15) is 0 Å². The van der Waals surface area contributed by atoms with Gasteiger partial charge >= 0.3 is 6.01 Å². The molecule has 1 heterocycles. The maximum absolute atomic E-state index is 5.64. The zero-order chi connectivity index (χ0) is 15.1. The Balaban J connectivity index is 2.01. The Morgan fingerprint density at radius 2 is 1.86 bits per heavy atom. The standard InChI is InChI=1S/C16H21N3O2/c1-4-9-17-10-13-11-18-16(19-12(13)2)21-15-7-5-14(20-3)6-8-15/h5-8,11,17H,4,9-10H2,1-3H3. The predicted octanol–water partition coefficient (Wildman–Crippen LogP) is 3.09. The molecular weight excluding hydrogens is 266 g/mol. The maximum Gasteiger partial charge on any atom is 0.322 e. The van der Waals surface area contributed by atoms with Gasteiger partial charge in [0.2, 0.25) is 0 Å². The Morgan fingerprint density at radius 1 is 1.14 bits per heavy atom. The van der Waals surface area contributed by atoms with Crippen molar-refractivity contribution in [2.24, 2.45) is 0 Å². The van der Waals surface area contributed by atoms with Crippen LogP contribution in [0.15, 0.2) is 30.5 Å². The quantitative estimate of drug-likeness (QED) is 0.793. The number of rotatable bonds is 7. The van der Waals surface area contributed by atoms with Gasteiger partial charge in [-0.25, -0.2) is 4.98 Å². The minimum Gasteiger partial charge on any atom is -0.497 e. The summed E-state index contributed by atoms with van der Waals surface area (Å²) in [6, 6.07) is 7.69. The van der Waals surface area contributed by atoms with E-state index in [1.54, 1.807) is 7.11 Å². The highest BCUT2D eigenvalue weighted by atomic mass is 16.5. The van der Waals surface area contributed by atoms with Gasteiger partial charge in [-0.15, -0.1) is 0 Å². The van der Waals surface area contributed by atoms with Crippen molar-refractivity contribution in [1.82, 2.24) is 15.3 Å². The zero-order valence-electron chi connectivity index (χ0n) is 12.7. The molecule has 21 heavy (non-hydrogen) atoms. The van der Waals surface area contributed by atoms with Gasteiger partial charge in [0.25, 0.3) is 0 Å². The lowest BCUT2D eigenvalue weighted by Crippen LogP contribution is -2.15. The van der Waals surface area contributed by atoms with Crippen LogP contribution in [-0.2, 0) is 6.54 Å². The van der Waals surface area contributed by atoms with Crippen LogP contribution in [0.4, 0.5) is 0 Å². The van der Waals surface area contributed by atoms with Gasteiger partial charge in [-0.1, -0.05) is 6.92 Å². The average molecular weight is 287 g/mol. The summed E-state index contributed by atoms with van der Waals surface area (Å²) in [5, 5.41) is 3.34.